The van der Waals surface area contributed by atoms with Gasteiger partial charge in [-0.1, -0.05) is 18.2 Å². The van der Waals surface area contributed by atoms with E-state index in [0.29, 0.717) is 24.5 Å². The molecular weight excluding hydrogens is 414 g/mol. The van der Waals surface area contributed by atoms with Crippen LogP contribution >= 0.6 is 0 Å². The van der Waals surface area contributed by atoms with Crippen LogP contribution in [0.1, 0.15) is 32.8 Å². The molecule has 31 heavy (non-hydrogen) atoms. The summed E-state index contributed by atoms with van der Waals surface area (Å²) in [6.45, 7) is 12.6. The summed E-state index contributed by atoms with van der Waals surface area (Å²) in [5, 5.41) is 10.5. The first-order valence-corrected chi connectivity index (χ1v) is 14.2. The number of carbonyl (C=O) groups is 1. The molecule has 0 aromatic heterocycles. The predicted molar refractivity (Wildman–Crippen MR) is 119 cm³/mol. The van der Waals surface area contributed by atoms with Crippen LogP contribution in [0, 0.1) is 0 Å². The molecule has 2 aliphatic heterocycles. The van der Waals surface area contributed by atoms with Crippen LogP contribution in [0.25, 0.3) is 0 Å². The van der Waals surface area contributed by atoms with E-state index in [9.17, 15) is 9.90 Å². The van der Waals surface area contributed by atoms with Crippen molar-refractivity contribution in [3.63, 3.8) is 0 Å². The molecule has 1 amide bonds. The van der Waals surface area contributed by atoms with Gasteiger partial charge in [-0.25, -0.2) is 4.79 Å². The molecule has 0 spiro atoms. The van der Waals surface area contributed by atoms with E-state index in [-0.39, 0.29) is 25.0 Å². The Morgan fingerprint density at radius 3 is 2.61 bits per heavy atom. The topological polar surface area (TPSA) is 77.5 Å². The highest BCUT2D eigenvalue weighted by molar-refractivity contribution is 6.69. The molecule has 170 valence electrons. The van der Waals surface area contributed by atoms with Crippen LogP contribution in [-0.2, 0) is 14.6 Å². The summed E-state index contributed by atoms with van der Waals surface area (Å²) in [5.74, 6) is 1.40. The molecule has 8 heteroatoms. The largest absolute Gasteiger partial charge is 0.454 e. The van der Waals surface area contributed by atoms with Crippen molar-refractivity contribution in [2.45, 2.75) is 76.1 Å². The lowest BCUT2D eigenvalue weighted by molar-refractivity contribution is 0.0156. The van der Waals surface area contributed by atoms with E-state index in [1.165, 1.54) is 0 Å². The normalized spacial score (nSPS) is 29.8. The lowest BCUT2D eigenvalue weighted by Gasteiger charge is -2.43. The Bertz CT molecular complexity index is 889. The van der Waals surface area contributed by atoms with Gasteiger partial charge in [0.25, 0.3) is 0 Å². The maximum Gasteiger partial charge on any atom is 0.410 e. The number of amides is 1. The fourth-order valence-corrected chi connectivity index (χ4v) is 5.90. The summed E-state index contributed by atoms with van der Waals surface area (Å²) >= 11 is 0. The number of hydrogen-bond acceptors (Lipinski definition) is 6. The molecule has 1 aromatic carbocycles. The first-order valence-electron chi connectivity index (χ1n) is 10.8. The molecular formula is C23H33NO6Si. The minimum absolute atomic E-state index is 0.197. The molecule has 4 rings (SSSR count). The smallest absolute Gasteiger partial charge is 0.410 e. The van der Waals surface area contributed by atoms with Gasteiger partial charge >= 0.3 is 6.09 Å². The standard InChI is InChI=1S/C23H33NO6Si/c1-22(2,3)29-21(26)24-13-20(30-31(4,5)6)23(10-9-16(25)12-19(23)24)15-7-8-17-18(11-15)28-14-27-17/h7-11,16,19-20,25H,12-14H2,1-6H3/t16-,19+,20+,23+/m1/s1. The molecule has 1 aromatic rings. The van der Waals surface area contributed by atoms with Gasteiger partial charge in [0, 0.05) is 0 Å². The van der Waals surface area contributed by atoms with Crippen molar-refractivity contribution in [1.29, 1.82) is 0 Å². The second kappa shape index (κ2) is 7.53. The summed E-state index contributed by atoms with van der Waals surface area (Å²) in [7, 11) is -1.96. The van der Waals surface area contributed by atoms with E-state index in [1.54, 1.807) is 4.90 Å². The Balaban J connectivity index is 1.82. The average Bonchev–Trinajstić information content (AvgIpc) is 3.21. The van der Waals surface area contributed by atoms with Gasteiger partial charge < -0.3 is 28.6 Å². The van der Waals surface area contributed by atoms with Crippen LogP contribution in [-0.4, -0.2) is 61.6 Å². The highest BCUT2D eigenvalue weighted by atomic mass is 28.4. The zero-order valence-electron chi connectivity index (χ0n) is 19.2. The third-order valence-electron chi connectivity index (χ3n) is 5.88. The maximum absolute atomic E-state index is 13.2. The van der Waals surface area contributed by atoms with Crippen LogP contribution in [0.3, 0.4) is 0 Å². The van der Waals surface area contributed by atoms with E-state index in [4.69, 9.17) is 18.6 Å². The highest BCUT2D eigenvalue weighted by Gasteiger charge is 2.59. The summed E-state index contributed by atoms with van der Waals surface area (Å²) in [6, 6.07) is 5.60. The molecule has 1 aliphatic carbocycles. The summed E-state index contributed by atoms with van der Waals surface area (Å²) < 4.78 is 23.5. The van der Waals surface area contributed by atoms with Crippen LogP contribution in [0.5, 0.6) is 11.5 Å². The minimum Gasteiger partial charge on any atom is -0.454 e. The van der Waals surface area contributed by atoms with Crippen molar-refractivity contribution in [2.75, 3.05) is 13.3 Å². The lowest BCUT2D eigenvalue weighted by atomic mass is 9.68. The number of fused-ring (bicyclic) bond motifs is 2. The number of rotatable bonds is 3. The summed E-state index contributed by atoms with van der Waals surface area (Å²) in [6.07, 6.45) is 2.98. The zero-order valence-corrected chi connectivity index (χ0v) is 20.2. The molecule has 4 atom stereocenters. The van der Waals surface area contributed by atoms with E-state index in [0.717, 1.165) is 5.56 Å². The van der Waals surface area contributed by atoms with Gasteiger partial charge in [-0.05, 0) is 64.5 Å². The predicted octanol–water partition coefficient (Wildman–Crippen LogP) is 3.81. The molecule has 0 radical (unpaired) electrons. The first kappa shape index (κ1) is 22.2. The van der Waals surface area contributed by atoms with Crippen LogP contribution in [0.4, 0.5) is 4.79 Å². The molecule has 2 heterocycles. The fraction of sp³-hybridized carbons (Fsp3) is 0.609. The third-order valence-corrected chi connectivity index (χ3v) is 6.87. The van der Waals surface area contributed by atoms with Crippen molar-refractivity contribution in [1.82, 2.24) is 4.90 Å². The lowest BCUT2D eigenvalue weighted by Crippen LogP contribution is -2.52. The Morgan fingerprint density at radius 2 is 1.94 bits per heavy atom. The Hall–Kier alpha value is -2.03. The monoisotopic (exact) mass is 447 g/mol. The molecule has 0 saturated carbocycles. The van der Waals surface area contributed by atoms with E-state index in [1.807, 2.05) is 51.1 Å². The number of likely N-dealkylation sites (tertiary alicyclic amines) is 1. The van der Waals surface area contributed by atoms with Crippen molar-refractivity contribution in [3.8, 4) is 11.5 Å². The second-order valence-corrected chi connectivity index (χ2v) is 15.0. The molecule has 0 bridgehead atoms. The van der Waals surface area contributed by atoms with Gasteiger partial charge in [0.2, 0.25) is 6.79 Å². The zero-order chi connectivity index (χ0) is 22.6. The molecule has 1 fully saturated rings. The number of hydrogen-bond donors (Lipinski definition) is 1. The minimum atomic E-state index is -1.96. The highest BCUT2D eigenvalue weighted by Crippen LogP contribution is 2.50. The average molecular weight is 448 g/mol. The van der Waals surface area contributed by atoms with Crippen molar-refractivity contribution < 1.29 is 28.5 Å². The third kappa shape index (κ3) is 4.20. The Morgan fingerprint density at radius 1 is 1.23 bits per heavy atom. The Labute approximate surface area is 185 Å². The molecule has 1 N–H and O–H groups in total. The second-order valence-electron chi connectivity index (χ2n) is 10.5. The van der Waals surface area contributed by atoms with E-state index < -0.39 is 25.4 Å². The van der Waals surface area contributed by atoms with E-state index in [2.05, 4.69) is 19.6 Å². The van der Waals surface area contributed by atoms with Crippen molar-refractivity contribution in [2.24, 2.45) is 0 Å². The fourth-order valence-electron chi connectivity index (χ4n) is 4.77. The van der Waals surface area contributed by atoms with Gasteiger partial charge in [0.05, 0.1) is 30.2 Å². The molecule has 1 saturated heterocycles. The van der Waals surface area contributed by atoms with Crippen LogP contribution in [0.2, 0.25) is 19.6 Å². The number of aliphatic hydroxyl groups excluding tert-OH is 1. The summed E-state index contributed by atoms with van der Waals surface area (Å²) in [5.41, 5.74) is -0.240. The quantitative estimate of drug-likeness (QED) is 0.561. The number of nitrogens with zero attached hydrogens (tertiary/aromatic N) is 1. The SMILES string of the molecule is CC(C)(C)OC(=O)N1C[C@H](O[Si](C)(C)C)[C@]2(c3ccc4c(c3)OCO4)C=C[C@@H](O)C[C@H]12. The Kier molecular flexibility index (Phi) is 5.39. The molecule has 0 unspecified atom stereocenters. The van der Waals surface area contributed by atoms with Crippen molar-refractivity contribution in [3.05, 3.63) is 35.9 Å². The number of aliphatic hydroxyl groups is 1. The van der Waals surface area contributed by atoms with Gasteiger partial charge in [-0.2, -0.15) is 0 Å². The van der Waals surface area contributed by atoms with Gasteiger partial charge in [0.15, 0.2) is 19.8 Å². The first-order chi connectivity index (χ1) is 14.4. The van der Waals surface area contributed by atoms with Crippen LogP contribution in [0.15, 0.2) is 30.4 Å². The van der Waals surface area contributed by atoms with Crippen LogP contribution < -0.4 is 9.47 Å². The van der Waals surface area contributed by atoms with E-state index >= 15 is 0 Å². The number of carbonyl (C=O) groups excluding carboxylic acids is 1. The number of ether oxygens (including phenoxy) is 3. The van der Waals surface area contributed by atoms with Gasteiger partial charge in [0.1, 0.15) is 5.60 Å². The summed E-state index contributed by atoms with van der Waals surface area (Å²) in [4.78, 5) is 14.9. The van der Waals surface area contributed by atoms with Gasteiger partial charge in [-0.3, -0.25) is 0 Å². The number of benzene rings is 1. The van der Waals surface area contributed by atoms with Gasteiger partial charge in [-0.15, -0.1) is 0 Å². The van der Waals surface area contributed by atoms with Crippen molar-refractivity contribution >= 4 is 14.4 Å². The molecule has 7 nitrogen and oxygen atoms in total. The molecule has 3 aliphatic rings. The maximum atomic E-state index is 13.2.